The molecule has 1 aromatic heterocycles. The van der Waals surface area contributed by atoms with Crippen molar-refractivity contribution in [3.63, 3.8) is 0 Å². The molecule has 6 heterocycles. The van der Waals surface area contributed by atoms with E-state index in [-0.39, 0.29) is 22.7 Å². The summed E-state index contributed by atoms with van der Waals surface area (Å²) < 4.78 is 36.9. The van der Waals surface area contributed by atoms with Gasteiger partial charge in [0.25, 0.3) is 5.91 Å². The van der Waals surface area contributed by atoms with Gasteiger partial charge in [-0.1, -0.05) is 45.4 Å². The summed E-state index contributed by atoms with van der Waals surface area (Å²) in [7, 11) is 1.89. The molecule has 6 aliphatic rings. The first-order valence-corrected chi connectivity index (χ1v) is 23.8. The number of rotatable bonds is 12. The van der Waals surface area contributed by atoms with Crippen molar-refractivity contribution in [2.24, 2.45) is 11.3 Å². The summed E-state index contributed by atoms with van der Waals surface area (Å²) in [6, 6.07) is 10.2. The van der Waals surface area contributed by atoms with E-state index in [1.54, 1.807) is 0 Å². The Kier molecular flexibility index (Phi) is 12.3. The van der Waals surface area contributed by atoms with Crippen LogP contribution in [0.4, 0.5) is 26.0 Å². The molecule has 1 aliphatic carbocycles. The Labute approximate surface area is 373 Å². The number of hydrogen-bond donors (Lipinski definition) is 1. The van der Waals surface area contributed by atoms with E-state index in [1.165, 1.54) is 12.8 Å². The number of hydrogen-bond acceptors (Lipinski definition) is 9. The average Bonchev–Trinajstić information content (AvgIpc) is 3.94. The molecule has 12 heteroatoms. The third kappa shape index (κ3) is 8.24. The van der Waals surface area contributed by atoms with E-state index in [0.717, 1.165) is 129 Å². The number of fused-ring (bicyclic) bond motifs is 3. The van der Waals surface area contributed by atoms with Crippen LogP contribution in [0.3, 0.4) is 0 Å². The Morgan fingerprint density at radius 1 is 1.03 bits per heavy atom. The predicted octanol–water partition coefficient (Wildman–Crippen LogP) is 8.45. The van der Waals surface area contributed by atoms with E-state index in [9.17, 15) is 9.18 Å². The van der Waals surface area contributed by atoms with Gasteiger partial charge >= 0.3 is 6.01 Å². The highest BCUT2D eigenvalue weighted by molar-refractivity contribution is 5.99. The monoisotopic (exact) mass is 861 g/mol. The van der Waals surface area contributed by atoms with Crippen LogP contribution in [-0.2, 0) is 24.2 Å². The van der Waals surface area contributed by atoms with Crippen molar-refractivity contribution in [1.82, 2.24) is 24.7 Å². The molecular weight excluding hydrogens is 795 g/mol. The van der Waals surface area contributed by atoms with Crippen molar-refractivity contribution in [3.8, 4) is 6.01 Å². The van der Waals surface area contributed by atoms with Gasteiger partial charge in [-0.25, -0.2) is 4.39 Å². The normalized spacial score (nSPS) is 26.8. The predicted molar refractivity (Wildman–Crippen MR) is 248 cm³/mol. The summed E-state index contributed by atoms with van der Waals surface area (Å²) in [6.07, 6.45) is 14.5. The molecule has 9 rings (SSSR count). The molecule has 4 atom stereocenters. The molecule has 5 aliphatic heterocycles. The number of likely N-dealkylation sites (tertiary alicyclic amines) is 1. The van der Waals surface area contributed by atoms with Crippen molar-refractivity contribution in [3.05, 3.63) is 83.5 Å². The van der Waals surface area contributed by atoms with Gasteiger partial charge in [0.15, 0.2) is 5.82 Å². The molecule has 336 valence electrons. The summed E-state index contributed by atoms with van der Waals surface area (Å²) in [5.74, 6) is 0.950. The van der Waals surface area contributed by atoms with Crippen molar-refractivity contribution >= 4 is 33.9 Å². The molecule has 1 amide bonds. The quantitative estimate of drug-likeness (QED) is 0.143. The Hall–Kier alpha value is -4.89. The maximum atomic E-state index is 15.3. The number of ether oxygens (including phenoxy) is 1. The second kappa shape index (κ2) is 17.9. The van der Waals surface area contributed by atoms with E-state index in [4.69, 9.17) is 14.7 Å². The molecule has 1 saturated carbocycles. The SMILES string of the molecule is C=CC1CCCCC12CCN(C(=O)C(=C)/C=C1/CN(c3nc(OC[C@@]45CCCN4C[C@H](F)C5)nc4c3CCN(c3cc(NC)cc5c#cc(F)c(CC)c35)C4)CCCN1CCC)C2. The van der Waals surface area contributed by atoms with Crippen LogP contribution in [-0.4, -0.2) is 115 Å². The number of nitrogens with zero attached hydrogens (tertiary/aromatic N) is 7. The Balaban J connectivity index is 1.05. The van der Waals surface area contributed by atoms with Gasteiger partial charge in [-0.3, -0.25) is 9.69 Å². The van der Waals surface area contributed by atoms with Crippen LogP contribution in [0.5, 0.6) is 6.01 Å². The van der Waals surface area contributed by atoms with Gasteiger partial charge < -0.3 is 29.7 Å². The second-order valence-corrected chi connectivity index (χ2v) is 19.2. The van der Waals surface area contributed by atoms with Gasteiger partial charge in [0, 0.05) is 104 Å². The van der Waals surface area contributed by atoms with Crippen LogP contribution < -0.4 is 19.9 Å². The highest BCUT2D eigenvalue weighted by atomic mass is 19.1. The first-order chi connectivity index (χ1) is 30.6. The first-order valence-electron chi connectivity index (χ1n) is 23.8. The van der Waals surface area contributed by atoms with Gasteiger partial charge in [0.05, 0.1) is 24.3 Å². The zero-order valence-corrected chi connectivity index (χ0v) is 37.8. The molecule has 2 unspecified atom stereocenters. The molecule has 10 nitrogen and oxygen atoms in total. The number of halogens is 2. The van der Waals surface area contributed by atoms with Crippen LogP contribution in [0.1, 0.15) is 94.9 Å². The minimum atomic E-state index is -0.865. The van der Waals surface area contributed by atoms with Crippen molar-refractivity contribution in [2.75, 3.05) is 87.7 Å². The van der Waals surface area contributed by atoms with Crippen LogP contribution in [0.25, 0.3) is 10.8 Å². The number of aryl methyl sites for hydroxylation is 1. The molecule has 5 fully saturated rings. The van der Waals surface area contributed by atoms with Crippen LogP contribution in [0.2, 0.25) is 0 Å². The zero-order chi connectivity index (χ0) is 43.9. The topological polar surface area (TPSA) is 80.3 Å². The fourth-order valence-electron chi connectivity index (χ4n) is 12.2. The van der Waals surface area contributed by atoms with E-state index in [2.05, 4.69) is 69.3 Å². The number of aromatic nitrogens is 2. The molecule has 2 aromatic carbocycles. The van der Waals surface area contributed by atoms with Crippen molar-refractivity contribution in [2.45, 2.75) is 109 Å². The summed E-state index contributed by atoms with van der Waals surface area (Å²) in [6.45, 7) is 20.2. The molecule has 1 N–H and O–H groups in total. The molecule has 3 aromatic rings. The maximum Gasteiger partial charge on any atom is 0.318 e. The Morgan fingerprint density at radius 3 is 2.71 bits per heavy atom. The lowest BCUT2D eigenvalue weighted by atomic mass is 9.66. The zero-order valence-electron chi connectivity index (χ0n) is 37.8. The number of benzene rings is 1. The minimum absolute atomic E-state index is 0.0226. The van der Waals surface area contributed by atoms with Crippen LogP contribution in [0, 0.1) is 29.3 Å². The lowest BCUT2D eigenvalue weighted by molar-refractivity contribution is -0.126. The number of anilines is 3. The van der Waals surface area contributed by atoms with Gasteiger partial charge in [0.1, 0.15) is 18.6 Å². The summed E-state index contributed by atoms with van der Waals surface area (Å²) in [5.41, 5.74) is 5.78. The van der Waals surface area contributed by atoms with Gasteiger partial charge in [0.2, 0.25) is 0 Å². The smallest absolute Gasteiger partial charge is 0.318 e. The summed E-state index contributed by atoms with van der Waals surface area (Å²) in [5, 5.41) is 4.96. The lowest BCUT2D eigenvalue weighted by Gasteiger charge is -2.40. The minimum Gasteiger partial charge on any atom is -0.461 e. The fourth-order valence-corrected chi connectivity index (χ4v) is 12.2. The van der Waals surface area contributed by atoms with Crippen LogP contribution in [0.15, 0.2) is 48.7 Å². The number of carbonyl (C=O) groups excluding carboxylic acids is 1. The number of allylic oxidation sites excluding steroid dienone is 1. The highest BCUT2D eigenvalue weighted by Gasteiger charge is 2.50. The molecule has 63 heavy (non-hydrogen) atoms. The number of alkyl halides is 1. The number of nitrogens with one attached hydrogen (secondary N) is 1. The summed E-state index contributed by atoms with van der Waals surface area (Å²) in [4.78, 5) is 36.0. The number of carbonyl (C=O) groups is 1. The first kappa shape index (κ1) is 43.4. The number of amides is 1. The average molecular weight is 861 g/mol. The van der Waals surface area contributed by atoms with Gasteiger partial charge in [-0.05, 0) is 99.9 Å². The highest BCUT2D eigenvalue weighted by Crippen LogP contribution is 2.49. The standard InChI is InChI=1S/C51H66F2N8O2/c1-6-20-57-21-12-22-59(31-40(57)26-35(4)48(62)60-25-19-50(33-60)17-10-9-13-37(50)7-2)47-42-16-24-58(45-28-39(54-5)27-36-14-15-43(53)41(8-3)46(36)45)32-44(42)55-49(56-47)63-34-51-18-11-23-61(51)30-38(52)29-51/h7,26-28,37-38,54H,2,4,6,8-13,16-25,29-34H2,1,3,5H3/b40-26-/t37?,38-,50?,51+/m1/s1. The van der Waals surface area contributed by atoms with Crippen LogP contribution >= 0.6 is 0 Å². The Morgan fingerprint density at radius 2 is 1.90 bits per heavy atom. The molecule has 4 saturated heterocycles. The third-order valence-corrected chi connectivity index (χ3v) is 15.4. The molecular formula is C51H66F2N8O2. The largest absolute Gasteiger partial charge is 0.461 e. The summed E-state index contributed by atoms with van der Waals surface area (Å²) >= 11 is 0. The van der Waals surface area contributed by atoms with Gasteiger partial charge in [-0.15, -0.1) is 6.58 Å². The molecule has 0 bridgehead atoms. The lowest BCUT2D eigenvalue weighted by Crippen LogP contribution is -2.43. The van der Waals surface area contributed by atoms with E-state index in [1.807, 2.05) is 31.0 Å². The van der Waals surface area contributed by atoms with Crippen molar-refractivity contribution < 1.29 is 18.3 Å². The Bertz CT molecular complexity index is 2270. The van der Waals surface area contributed by atoms with E-state index < -0.39 is 6.17 Å². The van der Waals surface area contributed by atoms with Crippen molar-refractivity contribution in [1.29, 1.82) is 0 Å². The molecule has 1 spiro atoms. The van der Waals surface area contributed by atoms with E-state index >= 15 is 4.39 Å². The molecule has 0 radical (unpaired) electrons. The maximum absolute atomic E-state index is 15.3. The fraction of sp³-hybridized carbons (Fsp3) is 0.588. The van der Waals surface area contributed by atoms with E-state index in [0.29, 0.717) is 75.1 Å². The second-order valence-electron chi connectivity index (χ2n) is 19.2. The third-order valence-electron chi connectivity index (χ3n) is 15.4. The van der Waals surface area contributed by atoms with Gasteiger partial charge in [-0.2, -0.15) is 14.4 Å².